The molecular weight excluding hydrogens is 417 g/mol. The normalized spacial score (nSPS) is 15.1. The van der Waals surface area contributed by atoms with Crippen LogP contribution in [-0.2, 0) is 21.4 Å². The Kier molecular flexibility index (Phi) is 6.99. The van der Waals surface area contributed by atoms with Gasteiger partial charge in [-0.1, -0.05) is 18.6 Å². The van der Waals surface area contributed by atoms with E-state index in [1.54, 1.807) is 12.1 Å². The number of amides is 2. The summed E-state index contributed by atoms with van der Waals surface area (Å²) in [5.74, 6) is -1.79. The van der Waals surface area contributed by atoms with Gasteiger partial charge in [0, 0.05) is 18.0 Å². The number of halogens is 1. The lowest BCUT2D eigenvalue weighted by molar-refractivity contribution is -0.120. The molecule has 29 heavy (non-hydrogen) atoms. The van der Waals surface area contributed by atoms with Gasteiger partial charge in [-0.25, -0.2) is 12.8 Å². The van der Waals surface area contributed by atoms with Gasteiger partial charge in [-0.05, 0) is 37.1 Å². The minimum atomic E-state index is -3.49. The molecular formula is C19H22FN3O4S2. The van der Waals surface area contributed by atoms with Crippen molar-refractivity contribution in [2.75, 3.05) is 19.6 Å². The maximum atomic E-state index is 13.6. The van der Waals surface area contributed by atoms with Crippen LogP contribution in [-0.4, -0.2) is 44.2 Å². The number of nitrogens with zero attached hydrogens (tertiary/aromatic N) is 1. The van der Waals surface area contributed by atoms with Crippen LogP contribution in [0, 0.1) is 5.82 Å². The number of carbonyl (C=O) groups excluding carboxylic acids is 2. The van der Waals surface area contributed by atoms with E-state index in [-0.39, 0.29) is 22.9 Å². The van der Waals surface area contributed by atoms with E-state index in [9.17, 15) is 22.4 Å². The number of sulfonamides is 1. The highest BCUT2D eigenvalue weighted by atomic mass is 32.2. The molecule has 0 spiro atoms. The zero-order valence-corrected chi connectivity index (χ0v) is 17.3. The number of rotatable bonds is 7. The maximum absolute atomic E-state index is 13.6. The smallest absolute Gasteiger partial charge is 0.254 e. The topological polar surface area (TPSA) is 95.6 Å². The van der Waals surface area contributed by atoms with Crippen molar-refractivity contribution in [2.24, 2.45) is 0 Å². The fourth-order valence-electron chi connectivity index (χ4n) is 2.97. The minimum Gasteiger partial charge on any atom is -0.350 e. The van der Waals surface area contributed by atoms with E-state index in [2.05, 4.69) is 10.6 Å². The lowest BCUT2D eigenvalue weighted by atomic mass is 10.2. The summed E-state index contributed by atoms with van der Waals surface area (Å²) in [5, 5.41) is 4.98. The molecule has 0 radical (unpaired) electrons. The summed E-state index contributed by atoms with van der Waals surface area (Å²) >= 11 is 1.12. The molecule has 2 N–H and O–H groups in total. The molecule has 1 aromatic carbocycles. The van der Waals surface area contributed by atoms with Gasteiger partial charge >= 0.3 is 0 Å². The van der Waals surface area contributed by atoms with Crippen LogP contribution in [0.5, 0.6) is 0 Å². The van der Waals surface area contributed by atoms with Crippen molar-refractivity contribution in [1.29, 1.82) is 0 Å². The first-order valence-electron chi connectivity index (χ1n) is 9.26. The van der Waals surface area contributed by atoms with Gasteiger partial charge in [0.2, 0.25) is 5.91 Å². The van der Waals surface area contributed by atoms with E-state index in [1.165, 1.54) is 28.6 Å². The molecule has 1 aromatic heterocycles. The summed E-state index contributed by atoms with van der Waals surface area (Å²) in [4.78, 5) is 24.5. The quantitative estimate of drug-likeness (QED) is 0.691. The second-order valence-corrected chi connectivity index (χ2v) is 9.96. The molecule has 0 bridgehead atoms. The SMILES string of the molecule is O=C(CNC(=O)c1ccccc1F)NCc1ccc(S(=O)(=O)N2CCCCC2)s1. The monoisotopic (exact) mass is 439 g/mol. The number of carbonyl (C=O) groups is 2. The van der Waals surface area contributed by atoms with E-state index in [0.29, 0.717) is 18.0 Å². The van der Waals surface area contributed by atoms with Gasteiger partial charge in [-0.3, -0.25) is 9.59 Å². The zero-order chi connectivity index (χ0) is 20.9. The summed E-state index contributed by atoms with van der Waals surface area (Å²) < 4.78 is 40.6. The average molecular weight is 440 g/mol. The molecule has 2 heterocycles. The van der Waals surface area contributed by atoms with E-state index in [1.807, 2.05) is 0 Å². The van der Waals surface area contributed by atoms with Crippen molar-refractivity contribution in [3.8, 4) is 0 Å². The Hall–Kier alpha value is -2.30. The van der Waals surface area contributed by atoms with Crippen molar-refractivity contribution in [1.82, 2.24) is 14.9 Å². The minimum absolute atomic E-state index is 0.133. The third-order valence-electron chi connectivity index (χ3n) is 4.53. The third kappa shape index (κ3) is 5.40. The van der Waals surface area contributed by atoms with Crippen LogP contribution in [0.3, 0.4) is 0 Å². The summed E-state index contributed by atoms with van der Waals surface area (Å²) in [7, 11) is -3.49. The number of benzene rings is 1. The number of hydrogen-bond acceptors (Lipinski definition) is 5. The molecule has 1 aliphatic rings. The molecule has 2 aromatic rings. The number of nitrogens with one attached hydrogen (secondary N) is 2. The zero-order valence-electron chi connectivity index (χ0n) is 15.7. The van der Waals surface area contributed by atoms with Gasteiger partial charge in [0.05, 0.1) is 18.7 Å². The molecule has 10 heteroatoms. The van der Waals surface area contributed by atoms with Crippen LogP contribution in [0.1, 0.15) is 34.5 Å². The third-order valence-corrected chi connectivity index (χ3v) is 7.99. The van der Waals surface area contributed by atoms with Crippen LogP contribution in [0.4, 0.5) is 4.39 Å². The van der Waals surface area contributed by atoms with Gasteiger partial charge < -0.3 is 10.6 Å². The Morgan fingerprint density at radius 3 is 2.48 bits per heavy atom. The van der Waals surface area contributed by atoms with Crippen LogP contribution >= 0.6 is 11.3 Å². The predicted molar refractivity (Wildman–Crippen MR) is 108 cm³/mol. The number of hydrogen-bond donors (Lipinski definition) is 2. The Labute approximate surface area is 173 Å². The standard InChI is InChI=1S/C19H22FN3O4S2/c20-16-7-3-2-6-15(16)19(25)22-13-17(24)21-12-14-8-9-18(28-14)29(26,27)23-10-4-1-5-11-23/h2-3,6-9H,1,4-5,10-13H2,(H,21,24)(H,22,25). The lowest BCUT2D eigenvalue weighted by Crippen LogP contribution is -2.36. The fourth-order valence-corrected chi connectivity index (χ4v) is 5.94. The predicted octanol–water partition coefficient (Wildman–Crippen LogP) is 2.11. The molecule has 1 fully saturated rings. The molecule has 0 unspecified atom stereocenters. The molecule has 3 rings (SSSR count). The highest BCUT2D eigenvalue weighted by Gasteiger charge is 2.27. The highest BCUT2D eigenvalue weighted by molar-refractivity contribution is 7.91. The second-order valence-electron chi connectivity index (χ2n) is 6.62. The molecule has 0 atom stereocenters. The van der Waals surface area contributed by atoms with Crippen molar-refractivity contribution in [3.05, 3.63) is 52.7 Å². The van der Waals surface area contributed by atoms with Gasteiger partial charge in [-0.15, -0.1) is 11.3 Å². The Morgan fingerprint density at radius 1 is 1.03 bits per heavy atom. The van der Waals surface area contributed by atoms with Crippen LogP contribution in [0.2, 0.25) is 0 Å². The van der Waals surface area contributed by atoms with E-state index >= 15 is 0 Å². The summed E-state index contributed by atoms with van der Waals surface area (Å²) in [5.41, 5.74) is -0.133. The van der Waals surface area contributed by atoms with Crippen molar-refractivity contribution in [2.45, 2.75) is 30.0 Å². The van der Waals surface area contributed by atoms with Gasteiger partial charge in [-0.2, -0.15) is 4.31 Å². The largest absolute Gasteiger partial charge is 0.350 e. The Morgan fingerprint density at radius 2 is 1.76 bits per heavy atom. The summed E-state index contributed by atoms with van der Waals surface area (Å²) in [6.45, 7) is 0.911. The highest BCUT2D eigenvalue weighted by Crippen LogP contribution is 2.27. The first kappa shape index (κ1) is 21.4. The van der Waals surface area contributed by atoms with E-state index < -0.39 is 27.7 Å². The average Bonchev–Trinajstić information content (AvgIpc) is 3.21. The first-order valence-corrected chi connectivity index (χ1v) is 11.5. The van der Waals surface area contributed by atoms with E-state index in [4.69, 9.17) is 0 Å². The van der Waals surface area contributed by atoms with Crippen LogP contribution in [0.15, 0.2) is 40.6 Å². The summed E-state index contributed by atoms with van der Waals surface area (Å²) in [6, 6.07) is 8.72. The Bertz CT molecular complexity index is 985. The lowest BCUT2D eigenvalue weighted by Gasteiger charge is -2.25. The summed E-state index contributed by atoms with van der Waals surface area (Å²) in [6.07, 6.45) is 2.78. The second kappa shape index (κ2) is 9.47. The number of thiophene rings is 1. The molecule has 7 nitrogen and oxygen atoms in total. The number of piperidine rings is 1. The van der Waals surface area contributed by atoms with Crippen molar-refractivity contribution < 1.29 is 22.4 Å². The molecule has 0 saturated carbocycles. The van der Waals surface area contributed by atoms with Crippen LogP contribution in [0.25, 0.3) is 0 Å². The van der Waals surface area contributed by atoms with Gasteiger partial charge in [0.15, 0.2) is 0 Å². The first-order chi connectivity index (χ1) is 13.9. The molecule has 0 aliphatic carbocycles. The molecule has 156 valence electrons. The Balaban J connectivity index is 1.50. The van der Waals surface area contributed by atoms with Crippen LogP contribution < -0.4 is 10.6 Å². The maximum Gasteiger partial charge on any atom is 0.254 e. The van der Waals surface area contributed by atoms with Crippen molar-refractivity contribution >= 4 is 33.2 Å². The molecule has 2 amide bonds. The van der Waals surface area contributed by atoms with Crippen molar-refractivity contribution in [3.63, 3.8) is 0 Å². The van der Waals surface area contributed by atoms with Gasteiger partial charge in [0.1, 0.15) is 10.0 Å². The molecule has 1 saturated heterocycles. The molecule has 1 aliphatic heterocycles. The fraction of sp³-hybridized carbons (Fsp3) is 0.368. The van der Waals surface area contributed by atoms with Gasteiger partial charge in [0.25, 0.3) is 15.9 Å². The van der Waals surface area contributed by atoms with E-state index in [0.717, 1.165) is 30.6 Å².